The molecule has 1 amide bonds. The van der Waals surface area contributed by atoms with Gasteiger partial charge in [0.05, 0.1) is 20.0 Å². The number of carbonyl (C=O) groups excluding carboxylic acids is 1. The molecule has 0 fully saturated rings. The average molecular weight is 365 g/mol. The highest BCUT2D eigenvalue weighted by Crippen LogP contribution is 2.32. The molecule has 7 nitrogen and oxygen atoms in total. The van der Waals surface area contributed by atoms with Crippen molar-refractivity contribution in [2.24, 2.45) is 0 Å². The van der Waals surface area contributed by atoms with Gasteiger partial charge in [0.1, 0.15) is 0 Å². The maximum Gasteiger partial charge on any atom is 0.277 e. The van der Waals surface area contributed by atoms with Gasteiger partial charge >= 0.3 is 0 Å². The molecule has 8 heteroatoms. The monoisotopic (exact) mass is 365 g/mol. The number of nitrogens with zero attached hydrogens (tertiary/aromatic N) is 2. The highest BCUT2D eigenvalue weighted by molar-refractivity contribution is 7.99. The fourth-order valence-corrected chi connectivity index (χ4v) is 2.88. The topological polar surface area (TPSA) is 86.5 Å². The van der Waals surface area contributed by atoms with Crippen LogP contribution in [0.5, 0.6) is 11.5 Å². The number of methoxy groups -OCH3 is 2. The molecular formula is C17H23N3O4S. The lowest BCUT2D eigenvalue weighted by Gasteiger charge is -2.11. The molecule has 0 bridgehead atoms. The highest BCUT2D eigenvalue weighted by Gasteiger charge is 2.14. The van der Waals surface area contributed by atoms with Gasteiger partial charge in [-0.05, 0) is 31.5 Å². The van der Waals surface area contributed by atoms with Crippen LogP contribution in [0.4, 0.5) is 0 Å². The number of carbonyl (C=O) groups is 1. The molecule has 1 N–H and O–H groups in total. The second kappa shape index (κ2) is 9.31. The van der Waals surface area contributed by atoms with E-state index >= 15 is 0 Å². The lowest BCUT2D eigenvalue weighted by atomic mass is 10.2. The molecule has 0 radical (unpaired) electrons. The Labute approximate surface area is 151 Å². The van der Waals surface area contributed by atoms with E-state index in [1.54, 1.807) is 26.4 Å². The van der Waals surface area contributed by atoms with Crippen LogP contribution in [0, 0.1) is 0 Å². The largest absolute Gasteiger partial charge is 0.493 e. The first kappa shape index (κ1) is 19.1. The zero-order chi connectivity index (χ0) is 18.2. The number of rotatable bonds is 9. The van der Waals surface area contributed by atoms with Crippen molar-refractivity contribution in [1.82, 2.24) is 15.5 Å². The van der Waals surface area contributed by atoms with Gasteiger partial charge in [-0.25, -0.2) is 0 Å². The minimum atomic E-state index is -0.0446. The first-order chi connectivity index (χ1) is 12.1. The number of nitrogens with one attached hydrogen (secondary N) is 1. The van der Waals surface area contributed by atoms with Crippen LogP contribution in [0.2, 0.25) is 0 Å². The first-order valence-electron chi connectivity index (χ1n) is 8.05. The second-order valence-corrected chi connectivity index (χ2v) is 6.42. The molecule has 136 valence electrons. The van der Waals surface area contributed by atoms with Crippen molar-refractivity contribution >= 4 is 17.7 Å². The third-order valence-corrected chi connectivity index (χ3v) is 4.31. The van der Waals surface area contributed by atoms with Crippen molar-refractivity contribution in [3.05, 3.63) is 18.2 Å². The number of ether oxygens (including phenoxy) is 2. The van der Waals surface area contributed by atoms with E-state index in [1.165, 1.54) is 11.8 Å². The predicted octanol–water partition coefficient (Wildman–Crippen LogP) is 3.15. The van der Waals surface area contributed by atoms with Crippen LogP contribution in [-0.2, 0) is 4.79 Å². The second-order valence-electron chi connectivity index (χ2n) is 5.49. The van der Waals surface area contributed by atoms with Crippen molar-refractivity contribution in [3.63, 3.8) is 0 Å². The summed E-state index contributed by atoms with van der Waals surface area (Å²) in [7, 11) is 3.14. The van der Waals surface area contributed by atoms with E-state index in [1.807, 2.05) is 13.0 Å². The van der Waals surface area contributed by atoms with Gasteiger partial charge < -0.3 is 19.2 Å². The Morgan fingerprint density at radius 2 is 2.04 bits per heavy atom. The SMILES string of the molecule is CCC[C@@H](C)NC(=O)CSc1nnc(-c2ccc(OC)c(OC)c2)o1. The maximum atomic E-state index is 11.9. The van der Waals surface area contributed by atoms with Crippen molar-refractivity contribution in [2.75, 3.05) is 20.0 Å². The zero-order valence-electron chi connectivity index (χ0n) is 14.9. The van der Waals surface area contributed by atoms with Gasteiger partial charge in [-0.1, -0.05) is 25.1 Å². The van der Waals surface area contributed by atoms with Crippen molar-refractivity contribution in [1.29, 1.82) is 0 Å². The average Bonchev–Trinajstić information content (AvgIpc) is 3.08. The van der Waals surface area contributed by atoms with E-state index < -0.39 is 0 Å². The van der Waals surface area contributed by atoms with Gasteiger partial charge in [-0.15, -0.1) is 10.2 Å². The van der Waals surface area contributed by atoms with E-state index in [4.69, 9.17) is 13.9 Å². The molecule has 25 heavy (non-hydrogen) atoms. The van der Waals surface area contributed by atoms with Crippen LogP contribution < -0.4 is 14.8 Å². The van der Waals surface area contributed by atoms with Gasteiger partial charge in [0.2, 0.25) is 11.8 Å². The summed E-state index contributed by atoms with van der Waals surface area (Å²) < 4.78 is 16.1. The summed E-state index contributed by atoms with van der Waals surface area (Å²) in [6, 6.07) is 5.51. The molecule has 0 saturated carbocycles. The predicted molar refractivity (Wildman–Crippen MR) is 96.1 cm³/mol. The van der Waals surface area contributed by atoms with E-state index in [9.17, 15) is 4.79 Å². The first-order valence-corrected chi connectivity index (χ1v) is 9.04. The van der Waals surface area contributed by atoms with Crippen molar-refractivity contribution < 1.29 is 18.7 Å². The third kappa shape index (κ3) is 5.38. The Bertz CT molecular complexity index is 705. The summed E-state index contributed by atoms with van der Waals surface area (Å²) in [4.78, 5) is 11.9. The maximum absolute atomic E-state index is 11.9. The van der Waals surface area contributed by atoms with Gasteiger partial charge in [-0.2, -0.15) is 0 Å². The molecule has 1 aromatic carbocycles. The van der Waals surface area contributed by atoms with Gasteiger partial charge in [0.25, 0.3) is 5.22 Å². The van der Waals surface area contributed by atoms with Crippen LogP contribution in [-0.4, -0.2) is 42.1 Å². The minimum absolute atomic E-state index is 0.0446. The Morgan fingerprint density at radius 3 is 2.72 bits per heavy atom. The van der Waals surface area contributed by atoms with Crippen LogP contribution >= 0.6 is 11.8 Å². The summed E-state index contributed by atoms with van der Waals surface area (Å²) in [6.07, 6.45) is 1.99. The molecule has 0 saturated heterocycles. The molecule has 0 aliphatic carbocycles. The summed E-state index contributed by atoms with van der Waals surface area (Å²) >= 11 is 1.21. The number of amides is 1. The molecule has 1 atom stereocenters. The fraction of sp³-hybridized carbons (Fsp3) is 0.471. The highest BCUT2D eigenvalue weighted by atomic mass is 32.2. The normalized spacial score (nSPS) is 11.8. The Hall–Kier alpha value is -2.22. The molecule has 1 aromatic heterocycles. The molecular weight excluding hydrogens is 342 g/mol. The number of hydrogen-bond donors (Lipinski definition) is 1. The van der Waals surface area contributed by atoms with E-state index in [-0.39, 0.29) is 17.7 Å². The lowest BCUT2D eigenvalue weighted by Crippen LogP contribution is -2.33. The van der Waals surface area contributed by atoms with Crippen LogP contribution in [0.1, 0.15) is 26.7 Å². The smallest absolute Gasteiger partial charge is 0.277 e. The lowest BCUT2D eigenvalue weighted by molar-refractivity contribution is -0.119. The van der Waals surface area contributed by atoms with Crippen LogP contribution in [0.25, 0.3) is 11.5 Å². The summed E-state index contributed by atoms with van der Waals surface area (Å²) in [6.45, 7) is 4.08. The zero-order valence-corrected chi connectivity index (χ0v) is 15.7. The van der Waals surface area contributed by atoms with E-state index in [0.29, 0.717) is 22.6 Å². The van der Waals surface area contributed by atoms with E-state index in [2.05, 4.69) is 22.4 Å². The number of thioether (sulfide) groups is 1. The molecule has 0 aliphatic rings. The molecule has 2 aromatic rings. The number of hydrogen-bond acceptors (Lipinski definition) is 7. The Balaban J connectivity index is 1.97. The standard InChI is InChI=1S/C17H23N3O4S/c1-5-6-11(2)18-15(21)10-25-17-20-19-16(24-17)12-7-8-13(22-3)14(9-12)23-4/h7-9,11H,5-6,10H2,1-4H3,(H,18,21)/t11-/m1/s1. The number of benzene rings is 1. The molecule has 1 heterocycles. The minimum Gasteiger partial charge on any atom is -0.493 e. The van der Waals surface area contributed by atoms with Crippen molar-refractivity contribution in [2.45, 2.75) is 38.0 Å². The number of aromatic nitrogens is 2. The third-order valence-electron chi connectivity index (χ3n) is 3.49. The molecule has 2 rings (SSSR count). The Kier molecular flexibility index (Phi) is 7.12. The van der Waals surface area contributed by atoms with Gasteiger partial charge in [-0.3, -0.25) is 4.79 Å². The molecule has 0 unspecified atom stereocenters. The van der Waals surface area contributed by atoms with Crippen LogP contribution in [0.3, 0.4) is 0 Å². The van der Waals surface area contributed by atoms with Gasteiger partial charge in [0.15, 0.2) is 11.5 Å². The summed E-state index contributed by atoms with van der Waals surface area (Å²) in [5.74, 6) is 1.76. The van der Waals surface area contributed by atoms with Crippen LogP contribution in [0.15, 0.2) is 27.8 Å². The summed E-state index contributed by atoms with van der Waals surface area (Å²) in [5, 5.41) is 11.3. The Morgan fingerprint density at radius 1 is 1.28 bits per heavy atom. The quantitative estimate of drug-likeness (QED) is 0.683. The van der Waals surface area contributed by atoms with Gasteiger partial charge in [0, 0.05) is 11.6 Å². The fourth-order valence-electron chi connectivity index (χ4n) is 2.30. The van der Waals surface area contributed by atoms with E-state index in [0.717, 1.165) is 18.4 Å². The molecule has 0 aliphatic heterocycles. The summed E-state index contributed by atoms with van der Waals surface area (Å²) in [5.41, 5.74) is 0.720. The van der Waals surface area contributed by atoms with Crippen molar-refractivity contribution in [3.8, 4) is 23.0 Å². The molecule has 0 spiro atoms.